The lowest BCUT2D eigenvalue weighted by Crippen LogP contribution is -2.23. The fourth-order valence-corrected chi connectivity index (χ4v) is 2.38. The summed E-state index contributed by atoms with van der Waals surface area (Å²) in [6.07, 6.45) is -1.74. The molecule has 0 aromatic heterocycles. The molecule has 5 heteroatoms. The van der Waals surface area contributed by atoms with Crippen LogP contribution in [0.25, 0.3) is 0 Å². The Morgan fingerprint density at radius 2 is 2.00 bits per heavy atom. The predicted octanol–water partition coefficient (Wildman–Crippen LogP) is 3.44. The van der Waals surface area contributed by atoms with Gasteiger partial charge in [-0.1, -0.05) is 6.07 Å². The molecule has 0 bridgehead atoms. The zero-order valence-corrected chi connectivity index (χ0v) is 11.9. The number of benzene rings is 1. The molecule has 20 heavy (non-hydrogen) atoms. The maximum absolute atomic E-state index is 13.2. The molecule has 1 atom stereocenters. The van der Waals surface area contributed by atoms with Gasteiger partial charge in [-0.25, -0.2) is 0 Å². The summed E-state index contributed by atoms with van der Waals surface area (Å²) >= 11 is 0. The van der Waals surface area contributed by atoms with Crippen molar-refractivity contribution in [2.45, 2.75) is 38.4 Å². The average Bonchev–Trinajstić information content (AvgIpc) is 3.11. The fourth-order valence-electron chi connectivity index (χ4n) is 2.38. The molecule has 1 aliphatic carbocycles. The van der Waals surface area contributed by atoms with Crippen molar-refractivity contribution in [2.24, 2.45) is 11.7 Å². The number of alkyl halides is 3. The van der Waals surface area contributed by atoms with Crippen LogP contribution in [0.15, 0.2) is 18.2 Å². The van der Waals surface area contributed by atoms with E-state index in [0.717, 1.165) is 6.54 Å². The van der Waals surface area contributed by atoms with Crippen LogP contribution in [0.3, 0.4) is 0 Å². The molecule has 0 radical (unpaired) electrons. The topological polar surface area (TPSA) is 29.3 Å². The highest BCUT2D eigenvalue weighted by Crippen LogP contribution is 2.36. The Morgan fingerprint density at radius 3 is 2.50 bits per heavy atom. The number of nitrogens with zero attached hydrogens (tertiary/aromatic N) is 1. The van der Waals surface area contributed by atoms with Gasteiger partial charge in [-0.15, -0.1) is 0 Å². The molecule has 0 saturated heterocycles. The molecule has 0 amide bonds. The van der Waals surface area contributed by atoms with Gasteiger partial charge >= 0.3 is 6.18 Å². The number of nitrogens with two attached hydrogens (primary N) is 1. The van der Waals surface area contributed by atoms with Crippen LogP contribution in [-0.2, 0) is 12.6 Å². The van der Waals surface area contributed by atoms with Crippen molar-refractivity contribution >= 4 is 5.69 Å². The molecule has 2 rings (SSSR count). The van der Waals surface area contributed by atoms with E-state index in [2.05, 4.69) is 0 Å². The molecular formula is C15H21F3N2. The molecule has 2 N–H and O–H groups in total. The first-order valence-electron chi connectivity index (χ1n) is 6.94. The van der Waals surface area contributed by atoms with E-state index in [-0.39, 0.29) is 18.0 Å². The van der Waals surface area contributed by atoms with E-state index in [1.165, 1.54) is 18.9 Å². The summed E-state index contributed by atoms with van der Waals surface area (Å²) in [5.41, 5.74) is 5.97. The average molecular weight is 286 g/mol. The Labute approximate surface area is 117 Å². The third-order valence-electron chi connectivity index (χ3n) is 3.61. The molecule has 1 unspecified atom stereocenters. The van der Waals surface area contributed by atoms with Crippen LogP contribution in [0.2, 0.25) is 0 Å². The van der Waals surface area contributed by atoms with Gasteiger partial charge < -0.3 is 10.6 Å². The van der Waals surface area contributed by atoms with Crippen LogP contribution in [-0.4, -0.2) is 19.6 Å². The third-order valence-corrected chi connectivity index (χ3v) is 3.61. The minimum absolute atomic E-state index is 0.238. The summed E-state index contributed by atoms with van der Waals surface area (Å²) < 4.78 is 39.5. The number of hydrogen-bond donors (Lipinski definition) is 1. The predicted molar refractivity (Wildman–Crippen MR) is 74.8 cm³/mol. The smallest absolute Gasteiger partial charge is 0.374 e. The Kier molecular flexibility index (Phi) is 4.28. The number of rotatable bonds is 5. The quantitative estimate of drug-likeness (QED) is 0.898. The number of halogens is 3. The highest BCUT2D eigenvalue weighted by molar-refractivity contribution is 5.51. The van der Waals surface area contributed by atoms with Crippen LogP contribution >= 0.6 is 0 Å². The Hall–Kier alpha value is -1.23. The van der Waals surface area contributed by atoms with Crippen molar-refractivity contribution in [1.29, 1.82) is 0 Å². The van der Waals surface area contributed by atoms with Gasteiger partial charge in [0.15, 0.2) is 0 Å². The monoisotopic (exact) mass is 286 g/mol. The van der Waals surface area contributed by atoms with E-state index in [1.54, 1.807) is 19.1 Å². The van der Waals surface area contributed by atoms with Crippen molar-refractivity contribution in [3.8, 4) is 0 Å². The molecule has 0 heterocycles. The van der Waals surface area contributed by atoms with E-state index < -0.39 is 11.7 Å². The zero-order chi connectivity index (χ0) is 14.9. The zero-order valence-electron chi connectivity index (χ0n) is 11.9. The van der Waals surface area contributed by atoms with Crippen LogP contribution in [0, 0.1) is 5.92 Å². The summed E-state index contributed by atoms with van der Waals surface area (Å²) in [5, 5.41) is 0. The summed E-state index contributed by atoms with van der Waals surface area (Å²) in [7, 11) is 1.85. The van der Waals surface area contributed by atoms with E-state index >= 15 is 0 Å². The number of anilines is 1. The van der Waals surface area contributed by atoms with E-state index in [9.17, 15) is 13.2 Å². The second kappa shape index (κ2) is 5.64. The van der Waals surface area contributed by atoms with Crippen LogP contribution in [0.1, 0.15) is 30.9 Å². The second-order valence-electron chi connectivity index (χ2n) is 5.84. The first kappa shape index (κ1) is 15.2. The Morgan fingerprint density at radius 1 is 1.35 bits per heavy atom. The Bertz CT molecular complexity index is 465. The first-order chi connectivity index (χ1) is 9.27. The third kappa shape index (κ3) is 3.88. The molecule has 112 valence electrons. The summed E-state index contributed by atoms with van der Waals surface area (Å²) in [6.45, 7) is 2.54. The molecule has 1 aliphatic rings. The largest absolute Gasteiger partial charge is 0.416 e. The van der Waals surface area contributed by atoms with E-state index in [0.29, 0.717) is 11.6 Å². The van der Waals surface area contributed by atoms with E-state index in [4.69, 9.17) is 5.73 Å². The van der Waals surface area contributed by atoms with Crippen LogP contribution < -0.4 is 10.6 Å². The standard InChI is InChI=1S/C15H21F3N2/c1-10(19)7-12-5-6-13(8-14(12)15(16,17)18)20(2)9-11-3-4-11/h5-6,8,10-11H,3-4,7,9,19H2,1-2H3. The minimum atomic E-state index is -4.33. The summed E-state index contributed by atoms with van der Waals surface area (Å²) in [4.78, 5) is 1.91. The SMILES string of the molecule is CC(N)Cc1ccc(N(C)CC2CC2)cc1C(F)(F)F. The van der Waals surface area contributed by atoms with Crippen molar-refractivity contribution in [2.75, 3.05) is 18.5 Å². The normalized spacial score (nSPS) is 17.1. The Balaban J connectivity index is 2.27. The molecule has 0 aliphatic heterocycles. The highest BCUT2D eigenvalue weighted by Gasteiger charge is 2.34. The molecule has 0 spiro atoms. The second-order valence-corrected chi connectivity index (χ2v) is 5.84. The fraction of sp³-hybridized carbons (Fsp3) is 0.600. The lowest BCUT2D eigenvalue weighted by molar-refractivity contribution is -0.138. The maximum atomic E-state index is 13.2. The molecule has 1 aromatic carbocycles. The molecule has 1 saturated carbocycles. The minimum Gasteiger partial charge on any atom is -0.374 e. The first-order valence-corrected chi connectivity index (χ1v) is 6.94. The summed E-state index contributed by atoms with van der Waals surface area (Å²) in [6, 6.07) is 4.28. The highest BCUT2D eigenvalue weighted by atomic mass is 19.4. The maximum Gasteiger partial charge on any atom is 0.416 e. The van der Waals surface area contributed by atoms with E-state index in [1.807, 2.05) is 11.9 Å². The van der Waals surface area contributed by atoms with Gasteiger partial charge in [-0.3, -0.25) is 0 Å². The summed E-state index contributed by atoms with van der Waals surface area (Å²) in [5.74, 6) is 0.637. The molecule has 1 aromatic rings. The number of hydrogen-bond acceptors (Lipinski definition) is 2. The van der Waals surface area contributed by atoms with Crippen molar-refractivity contribution in [3.05, 3.63) is 29.3 Å². The molecule has 2 nitrogen and oxygen atoms in total. The van der Waals surface area contributed by atoms with Gasteiger partial charge in [0.2, 0.25) is 0 Å². The lowest BCUT2D eigenvalue weighted by Gasteiger charge is -2.22. The van der Waals surface area contributed by atoms with Gasteiger partial charge in [-0.05, 0) is 49.8 Å². The van der Waals surface area contributed by atoms with Gasteiger partial charge in [0, 0.05) is 25.3 Å². The van der Waals surface area contributed by atoms with Crippen LogP contribution in [0.4, 0.5) is 18.9 Å². The molecular weight excluding hydrogens is 265 g/mol. The van der Waals surface area contributed by atoms with Crippen molar-refractivity contribution in [3.63, 3.8) is 0 Å². The van der Waals surface area contributed by atoms with Crippen molar-refractivity contribution in [1.82, 2.24) is 0 Å². The van der Waals surface area contributed by atoms with Gasteiger partial charge in [0.1, 0.15) is 0 Å². The molecule has 1 fully saturated rings. The van der Waals surface area contributed by atoms with Crippen molar-refractivity contribution < 1.29 is 13.2 Å². The van der Waals surface area contributed by atoms with Gasteiger partial charge in [-0.2, -0.15) is 13.2 Å². The van der Waals surface area contributed by atoms with Gasteiger partial charge in [0.25, 0.3) is 0 Å². The van der Waals surface area contributed by atoms with Crippen LogP contribution in [0.5, 0.6) is 0 Å². The lowest BCUT2D eigenvalue weighted by atomic mass is 9.99. The van der Waals surface area contributed by atoms with Gasteiger partial charge in [0.05, 0.1) is 5.56 Å².